The summed E-state index contributed by atoms with van der Waals surface area (Å²) in [4.78, 5) is 0. The molecule has 0 heterocycles. The van der Waals surface area contributed by atoms with Gasteiger partial charge in [-0.2, -0.15) is 0 Å². The van der Waals surface area contributed by atoms with Gasteiger partial charge in [-0.25, -0.2) is 4.39 Å². The van der Waals surface area contributed by atoms with Crippen LogP contribution in [0.15, 0.2) is 24.3 Å². The van der Waals surface area contributed by atoms with Crippen LogP contribution in [-0.2, 0) is 20.9 Å². The molecular formula is C8H10FO3PS. The summed E-state index contributed by atoms with van der Waals surface area (Å²) in [6.45, 7) is -2.76. The van der Waals surface area contributed by atoms with E-state index in [1.54, 1.807) is 6.07 Å². The van der Waals surface area contributed by atoms with Crippen LogP contribution in [0.4, 0.5) is 4.39 Å². The molecule has 0 aliphatic carbocycles. The molecular weight excluding hydrogens is 226 g/mol. The van der Waals surface area contributed by atoms with Crippen molar-refractivity contribution < 1.29 is 18.0 Å². The van der Waals surface area contributed by atoms with Crippen LogP contribution in [0, 0.1) is 5.82 Å². The first kappa shape index (κ1) is 11.6. The molecule has 0 saturated heterocycles. The molecule has 0 aliphatic rings. The van der Waals surface area contributed by atoms with Gasteiger partial charge in [-0.1, -0.05) is 6.07 Å². The minimum Gasteiger partial charge on any atom is -0.424 e. The summed E-state index contributed by atoms with van der Waals surface area (Å²) >= 11 is 4.95. The lowest BCUT2D eigenvalue weighted by molar-refractivity contribution is 0.273. The van der Waals surface area contributed by atoms with Crippen LogP contribution in [0.1, 0.15) is 0 Å². The summed E-state index contributed by atoms with van der Waals surface area (Å²) in [5, 5.41) is 0. The molecule has 14 heavy (non-hydrogen) atoms. The van der Waals surface area contributed by atoms with Gasteiger partial charge in [0, 0.05) is 32.1 Å². The lowest BCUT2D eigenvalue weighted by Crippen LogP contribution is -1.96. The first-order chi connectivity index (χ1) is 6.59. The highest BCUT2D eigenvalue weighted by Gasteiger charge is 2.18. The van der Waals surface area contributed by atoms with Gasteiger partial charge >= 0.3 is 6.72 Å². The van der Waals surface area contributed by atoms with Crippen molar-refractivity contribution in [2.24, 2.45) is 0 Å². The molecule has 1 rings (SSSR count). The molecule has 0 spiro atoms. The Kier molecular flexibility index (Phi) is 4.01. The summed E-state index contributed by atoms with van der Waals surface area (Å²) in [6, 6.07) is 5.65. The number of benzene rings is 1. The third-order valence-electron chi connectivity index (χ3n) is 1.46. The molecule has 1 aromatic rings. The first-order valence-electron chi connectivity index (χ1n) is 3.76. The standard InChI is InChI=1S/C8H10FO3PS/c1-10-13(14,11-2)12-8-5-3-4-7(9)6-8/h3-6H,1-2H3. The van der Waals surface area contributed by atoms with Gasteiger partial charge in [0.25, 0.3) is 0 Å². The van der Waals surface area contributed by atoms with Gasteiger partial charge in [0.1, 0.15) is 11.6 Å². The van der Waals surface area contributed by atoms with Gasteiger partial charge in [0.2, 0.25) is 0 Å². The highest BCUT2D eigenvalue weighted by Crippen LogP contribution is 2.48. The molecule has 0 bridgehead atoms. The molecule has 0 aromatic heterocycles. The average molecular weight is 236 g/mol. The second-order valence-electron chi connectivity index (χ2n) is 2.36. The van der Waals surface area contributed by atoms with E-state index in [1.165, 1.54) is 32.4 Å². The van der Waals surface area contributed by atoms with Crippen molar-refractivity contribution in [1.29, 1.82) is 0 Å². The van der Waals surface area contributed by atoms with Crippen molar-refractivity contribution >= 4 is 18.5 Å². The van der Waals surface area contributed by atoms with Crippen molar-refractivity contribution in [2.45, 2.75) is 0 Å². The van der Waals surface area contributed by atoms with E-state index >= 15 is 0 Å². The Morgan fingerprint density at radius 3 is 2.43 bits per heavy atom. The van der Waals surface area contributed by atoms with Gasteiger partial charge in [0.05, 0.1) is 0 Å². The largest absolute Gasteiger partial charge is 0.424 e. The number of hydrogen-bond donors (Lipinski definition) is 0. The number of halogens is 1. The van der Waals surface area contributed by atoms with Crippen molar-refractivity contribution in [3.63, 3.8) is 0 Å². The smallest absolute Gasteiger partial charge is 0.380 e. The maximum atomic E-state index is 12.8. The lowest BCUT2D eigenvalue weighted by atomic mass is 10.3. The summed E-state index contributed by atoms with van der Waals surface area (Å²) in [5.74, 6) is -0.0895. The molecule has 0 aliphatic heterocycles. The maximum Gasteiger partial charge on any atom is 0.380 e. The predicted octanol–water partition coefficient (Wildman–Crippen LogP) is 2.72. The van der Waals surface area contributed by atoms with Gasteiger partial charge in [-0.05, 0) is 12.1 Å². The zero-order valence-corrected chi connectivity index (χ0v) is 9.48. The maximum absolute atomic E-state index is 12.8. The monoisotopic (exact) mass is 236 g/mol. The predicted molar refractivity (Wildman–Crippen MR) is 55.3 cm³/mol. The fourth-order valence-electron chi connectivity index (χ4n) is 0.802. The Bertz CT molecular complexity index is 350. The highest BCUT2D eigenvalue weighted by molar-refractivity contribution is 8.07. The average Bonchev–Trinajstić information content (AvgIpc) is 2.18. The van der Waals surface area contributed by atoms with E-state index in [0.29, 0.717) is 5.75 Å². The van der Waals surface area contributed by atoms with E-state index in [0.717, 1.165) is 0 Å². The van der Waals surface area contributed by atoms with E-state index in [2.05, 4.69) is 0 Å². The number of hydrogen-bond acceptors (Lipinski definition) is 4. The molecule has 1 aromatic carbocycles. The fourth-order valence-corrected chi connectivity index (χ4v) is 1.73. The molecule has 0 atom stereocenters. The van der Waals surface area contributed by atoms with E-state index in [9.17, 15) is 4.39 Å². The van der Waals surface area contributed by atoms with Crippen molar-refractivity contribution in [3.8, 4) is 5.75 Å². The van der Waals surface area contributed by atoms with E-state index in [-0.39, 0.29) is 0 Å². The molecule has 78 valence electrons. The lowest BCUT2D eigenvalue weighted by Gasteiger charge is -2.17. The third-order valence-corrected chi connectivity index (χ3v) is 3.91. The Morgan fingerprint density at radius 1 is 1.29 bits per heavy atom. The number of rotatable bonds is 4. The minimum absolute atomic E-state index is 0.303. The normalized spacial score (nSPS) is 11.4. The van der Waals surface area contributed by atoms with Crippen molar-refractivity contribution in [3.05, 3.63) is 30.1 Å². The van der Waals surface area contributed by atoms with Crippen LogP contribution in [0.5, 0.6) is 5.75 Å². The summed E-state index contributed by atoms with van der Waals surface area (Å²) in [6.07, 6.45) is 0. The van der Waals surface area contributed by atoms with E-state index < -0.39 is 12.5 Å². The molecule has 6 heteroatoms. The zero-order valence-electron chi connectivity index (χ0n) is 7.77. The molecule has 0 saturated carbocycles. The van der Waals surface area contributed by atoms with Crippen LogP contribution in [-0.4, -0.2) is 14.2 Å². The second-order valence-corrected chi connectivity index (χ2v) is 5.51. The van der Waals surface area contributed by atoms with Crippen LogP contribution in [0.3, 0.4) is 0 Å². The SMILES string of the molecule is COP(=S)(OC)Oc1cccc(F)c1. The molecule has 3 nitrogen and oxygen atoms in total. The van der Waals surface area contributed by atoms with E-state index in [1.807, 2.05) is 0 Å². The molecule has 0 N–H and O–H groups in total. The van der Waals surface area contributed by atoms with Gasteiger partial charge in [-0.15, -0.1) is 0 Å². The fraction of sp³-hybridized carbons (Fsp3) is 0.250. The molecule has 0 fully saturated rings. The van der Waals surface area contributed by atoms with Gasteiger partial charge < -0.3 is 13.6 Å². The highest BCUT2D eigenvalue weighted by atomic mass is 32.5. The van der Waals surface area contributed by atoms with Gasteiger partial charge in [0.15, 0.2) is 0 Å². The van der Waals surface area contributed by atoms with Crippen LogP contribution in [0.2, 0.25) is 0 Å². The van der Waals surface area contributed by atoms with Crippen LogP contribution in [0.25, 0.3) is 0 Å². The van der Waals surface area contributed by atoms with Crippen LogP contribution >= 0.6 is 6.72 Å². The topological polar surface area (TPSA) is 27.7 Å². The molecule has 0 unspecified atom stereocenters. The first-order valence-corrected chi connectivity index (χ1v) is 6.32. The molecule has 0 amide bonds. The third kappa shape index (κ3) is 3.03. The Balaban J connectivity index is 2.83. The zero-order chi connectivity index (χ0) is 10.6. The molecule has 0 radical (unpaired) electrons. The minimum atomic E-state index is -2.76. The van der Waals surface area contributed by atoms with Crippen LogP contribution < -0.4 is 4.52 Å². The summed E-state index contributed by atoms with van der Waals surface area (Å²) in [7, 11) is 2.78. The quantitative estimate of drug-likeness (QED) is 0.751. The Labute approximate surface area is 87.0 Å². The second kappa shape index (κ2) is 4.84. The van der Waals surface area contributed by atoms with Gasteiger partial charge in [-0.3, -0.25) is 0 Å². The van der Waals surface area contributed by atoms with Crippen molar-refractivity contribution in [1.82, 2.24) is 0 Å². The Morgan fingerprint density at radius 2 is 1.93 bits per heavy atom. The Hall–Kier alpha value is -0.480. The summed E-state index contributed by atoms with van der Waals surface area (Å²) in [5.41, 5.74) is 0. The van der Waals surface area contributed by atoms with E-state index in [4.69, 9.17) is 25.4 Å². The summed E-state index contributed by atoms with van der Waals surface area (Å²) < 4.78 is 27.8. The van der Waals surface area contributed by atoms with Crippen molar-refractivity contribution in [2.75, 3.05) is 14.2 Å².